The molecule has 1 aromatic rings. The number of thiazole rings is 1. The van der Waals surface area contributed by atoms with Crippen molar-refractivity contribution in [3.05, 3.63) is 16.1 Å². The molecule has 2 rings (SSSR count). The van der Waals surface area contributed by atoms with Crippen LogP contribution in [0.5, 0.6) is 0 Å². The fraction of sp³-hybridized carbons (Fsp3) is 0.800. The summed E-state index contributed by atoms with van der Waals surface area (Å²) in [5.74, 6) is 2.48. The number of hydrogen-bond acceptors (Lipinski definition) is 5. The summed E-state index contributed by atoms with van der Waals surface area (Å²) in [4.78, 5) is 7.34. The Bertz CT molecular complexity index is 425. The van der Waals surface area contributed by atoms with Gasteiger partial charge in [-0.3, -0.25) is 0 Å². The SMILES string of the molecule is CNC(Cc1nc(C(C)(C)C)cs1)C1CSCCN1C. The van der Waals surface area contributed by atoms with Crippen LogP contribution in [-0.2, 0) is 11.8 Å². The van der Waals surface area contributed by atoms with Crippen molar-refractivity contribution in [1.29, 1.82) is 0 Å². The van der Waals surface area contributed by atoms with Crippen LogP contribution in [0.1, 0.15) is 31.5 Å². The average Bonchev–Trinajstić information content (AvgIpc) is 2.85. The quantitative estimate of drug-likeness (QED) is 0.925. The first kappa shape index (κ1) is 16.3. The molecule has 1 N–H and O–H groups in total. The van der Waals surface area contributed by atoms with Crippen molar-refractivity contribution >= 4 is 23.1 Å². The monoisotopic (exact) mass is 313 g/mol. The number of thioether (sulfide) groups is 1. The van der Waals surface area contributed by atoms with E-state index < -0.39 is 0 Å². The maximum atomic E-state index is 4.84. The van der Waals surface area contributed by atoms with Crippen LogP contribution in [0.25, 0.3) is 0 Å². The third-order valence-electron chi connectivity index (χ3n) is 3.99. The number of nitrogens with zero attached hydrogens (tertiary/aromatic N) is 2. The molecule has 2 heterocycles. The Balaban J connectivity index is 2.04. The van der Waals surface area contributed by atoms with Gasteiger partial charge in [0.1, 0.15) is 0 Å². The zero-order valence-corrected chi connectivity index (χ0v) is 14.9. The van der Waals surface area contributed by atoms with E-state index in [0.717, 1.165) is 6.42 Å². The molecule has 0 amide bonds. The van der Waals surface area contributed by atoms with E-state index >= 15 is 0 Å². The number of hydrogen-bond donors (Lipinski definition) is 1. The Morgan fingerprint density at radius 3 is 2.80 bits per heavy atom. The van der Waals surface area contributed by atoms with Crippen LogP contribution in [0.4, 0.5) is 0 Å². The van der Waals surface area contributed by atoms with Crippen molar-refractivity contribution in [3.63, 3.8) is 0 Å². The van der Waals surface area contributed by atoms with Crippen LogP contribution in [0, 0.1) is 0 Å². The molecular weight excluding hydrogens is 286 g/mol. The zero-order chi connectivity index (χ0) is 14.8. The van der Waals surface area contributed by atoms with Crippen LogP contribution in [-0.4, -0.2) is 54.1 Å². The van der Waals surface area contributed by atoms with Gasteiger partial charge in [-0.2, -0.15) is 11.8 Å². The van der Waals surface area contributed by atoms with E-state index in [9.17, 15) is 0 Å². The highest BCUT2D eigenvalue weighted by molar-refractivity contribution is 7.99. The van der Waals surface area contributed by atoms with Gasteiger partial charge in [0, 0.05) is 47.4 Å². The Labute approximate surface area is 131 Å². The van der Waals surface area contributed by atoms with Crippen LogP contribution in [0.2, 0.25) is 0 Å². The van der Waals surface area contributed by atoms with Gasteiger partial charge in [0.25, 0.3) is 0 Å². The molecule has 1 saturated heterocycles. The molecule has 1 fully saturated rings. The lowest BCUT2D eigenvalue weighted by Crippen LogP contribution is -2.52. The molecule has 3 nitrogen and oxygen atoms in total. The first-order valence-electron chi connectivity index (χ1n) is 7.32. The van der Waals surface area contributed by atoms with Gasteiger partial charge in [-0.05, 0) is 14.1 Å². The van der Waals surface area contributed by atoms with Crippen molar-refractivity contribution in [3.8, 4) is 0 Å². The molecule has 1 aromatic heterocycles. The second-order valence-corrected chi connectivity index (χ2v) is 8.69. The van der Waals surface area contributed by atoms with Crippen molar-refractivity contribution in [2.24, 2.45) is 0 Å². The van der Waals surface area contributed by atoms with E-state index in [1.54, 1.807) is 0 Å². The third-order valence-corrected chi connectivity index (χ3v) is 5.91. The minimum absolute atomic E-state index is 0.154. The van der Waals surface area contributed by atoms with Crippen LogP contribution < -0.4 is 5.32 Å². The number of aromatic nitrogens is 1. The molecule has 1 aliphatic heterocycles. The fourth-order valence-corrected chi connectivity index (χ4v) is 4.89. The first-order valence-corrected chi connectivity index (χ1v) is 9.35. The molecule has 0 radical (unpaired) electrons. The Morgan fingerprint density at radius 1 is 1.50 bits per heavy atom. The first-order chi connectivity index (χ1) is 9.41. The molecule has 0 aliphatic carbocycles. The van der Waals surface area contributed by atoms with Crippen molar-refractivity contribution in [2.45, 2.75) is 44.7 Å². The van der Waals surface area contributed by atoms with Crippen LogP contribution in [0.15, 0.2) is 5.38 Å². The summed E-state index contributed by atoms with van der Waals surface area (Å²) in [6, 6.07) is 1.10. The lowest BCUT2D eigenvalue weighted by atomic mass is 9.93. The van der Waals surface area contributed by atoms with E-state index in [2.05, 4.69) is 62.2 Å². The van der Waals surface area contributed by atoms with Gasteiger partial charge in [-0.25, -0.2) is 4.98 Å². The Morgan fingerprint density at radius 2 is 2.25 bits per heavy atom. The van der Waals surface area contributed by atoms with E-state index in [1.165, 1.54) is 28.8 Å². The molecule has 0 saturated carbocycles. The molecule has 5 heteroatoms. The molecule has 0 spiro atoms. The largest absolute Gasteiger partial charge is 0.315 e. The van der Waals surface area contributed by atoms with E-state index in [4.69, 9.17) is 4.98 Å². The fourth-order valence-electron chi connectivity index (χ4n) is 2.50. The van der Waals surface area contributed by atoms with Crippen molar-refractivity contribution in [1.82, 2.24) is 15.2 Å². The second kappa shape index (κ2) is 6.77. The number of nitrogens with one attached hydrogen (secondary N) is 1. The number of rotatable bonds is 4. The van der Waals surface area contributed by atoms with Crippen LogP contribution in [0.3, 0.4) is 0 Å². The van der Waals surface area contributed by atoms with Crippen LogP contribution >= 0.6 is 23.1 Å². The minimum atomic E-state index is 0.154. The summed E-state index contributed by atoms with van der Waals surface area (Å²) < 4.78 is 0. The van der Waals surface area contributed by atoms with Crippen molar-refractivity contribution in [2.75, 3.05) is 32.1 Å². The van der Waals surface area contributed by atoms with Gasteiger partial charge >= 0.3 is 0 Å². The summed E-state index contributed by atoms with van der Waals surface area (Å²) in [6.45, 7) is 7.88. The average molecular weight is 314 g/mol. The lowest BCUT2D eigenvalue weighted by Gasteiger charge is -2.37. The summed E-state index contributed by atoms with van der Waals surface area (Å²) in [7, 11) is 4.33. The van der Waals surface area contributed by atoms with Gasteiger partial charge < -0.3 is 10.2 Å². The van der Waals surface area contributed by atoms with Gasteiger partial charge in [-0.15, -0.1) is 11.3 Å². The molecule has 2 unspecified atom stereocenters. The van der Waals surface area contributed by atoms with E-state index in [-0.39, 0.29) is 5.41 Å². The predicted molar refractivity (Wildman–Crippen MR) is 91.1 cm³/mol. The maximum Gasteiger partial charge on any atom is 0.0944 e. The highest BCUT2D eigenvalue weighted by atomic mass is 32.2. The minimum Gasteiger partial charge on any atom is -0.315 e. The molecule has 20 heavy (non-hydrogen) atoms. The van der Waals surface area contributed by atoms with E-state index in [0.29, 0.717) is 12.1 Å². The smallest absolute Gasteiger partial charge is 0.0944 e. The lowest BCUT2D eigenvalue weighted by molar-refractivity contribution is 0.219. The van der Waals surface area contributed by atoms with Gasteiger partial charge in [-0.1, -0.05) is 20.8 Å². The topological polar surface area (TPSA) is 28.2 Å². The number of likely N-dealkylation sites (N-methyl/N-ethyl adjacent to an activating group) is 2. The second-order valence-electron chi connectivity index (χ2n) is 6.60. The summed E-state index contributed by atoms with van der Waals surface area (Å²) in [6.07, 6.45) is 1.03. The highest BCUT2D eigenvalue weighted by Crippen LogP contribution is 2.26. The molecular formula is C15H27N3S2. The normalized spacial score (nSPS) is 22.9. The Kier molecular flexibility index (Phi) is 5.51. The molecule has 2 atom stereocenters. The molecule has 1 aliphatic rings. The molecule has 114 valence electrons. The standard InChI is InChI=1S/C15H27N3S2/c1-15(2,3)13-10-20-14(17-13)8-11(16-4)12-9-19-7-6-18(12)5/h10-12,16H,6-9H2,1-5H3. The molecule has 0 aromatic carbocycles. The Hall–Kier alpha value is -0.100. The zero-order valence-electron chi connectivity index (χ0n) is 13.3. The predicted octanol–water partition coefficient (Wildman–Crippen LogP) is 2.62. The summed E-state index contributed by atoms with van der Waals surface area (Å²) in [5.41, 5.74) is 1.38. The van der Waals surface area contributed by atoms with Gasteiger partial charge in [0.2, 0.25) is 0 Å². The van der Waals surface area contributed by atoms with Crippen molar-refractivity contribution < 1.29 is 0 Å². The third kappa shape index (κ3) is 3.97. The maximum absolute atomic E-state index is 4.84. The van der Waals surface area contributed by atoms with E-state index in [1.807, 2.05) is 11.3 Å². The summed E-state index contributed by atoms with van der Waals surface area (Å²) in [5, 5.41) is 7.00. The summed E-state index contributed by atoms with van der Waals surface area (Å²) >= 11 is 3.88. The highest BCUT2D eigenvalue weighted by Gasteiger charge is 2.28. The van der Waals surface area contributed by atoms with Gasteiger partial charge in [0.05, 0.1) is 10.7 Å². The molecule has 0 bridgehead atoms. The van der Waals surface area contributed by atoms with Gasteiger partial charge in [0.15, 0.2) is 0 Å².